The van der Waals surface area contributed by atoms with Crippen molar-refractivity contribution in [2.75, 3.05) is 11.3 Å². The number of hydrogen-bond acceptors (Lipinski definition) is 4. The van der Waals surface area contributed by atoms with E-state index in [1.807, 2.05) is 19.9 Å². The maximum Gasteiger partial charge on any atom is 0.262 e. The van der Waals surface area contributed by atoms with Crippen LogP contribution in [0.5, 0.6) is 11.5 Å². The van der Waals surface area contributed by atoms with E-state index in [1.165, 1.54) is 0 Å². The van der Waals surface area contributed by atoms with E-state index in [-0.39, 0.29) is 11.0 Å². The van der Waals surface area contributed by atoms with E-state index in [4.69, 9.17) is 9.47 Å². The zero-order valence-corrected chi connectivity index (χ0v) is 15.8. The van der Waals surface area contributed by atoms with E-state index in [0.29, 0.717) is 28.3 Å². The fraction of sp³-hybridized carbons (Fsp3) is 0.294. The van der Waals surface area contributed by atoms with Crippen molar-refractivity contribution in [3.8, 4) is 11.5 Å². The van der Waals surface area contributed by atoms with Crippen LogP contribution in [0.2, 0.25) is 0 Å². The zero-order chi connectivity index (χ0) is 17.3. The molecule has 0 saturated heterocycles. The van der Waals surface area contributed by atoms with E-state index >= 15 is 0 Å². The normalized spacial score (nSPS) is 16.4. The lowest BCUT2D eigenvalue weighted by Gasteiger charge is -2.15. The molecule has 2 aromatic rings. The number of benzene rings is 2. The molecule has 128 valence electrons. The van der Waals surface area contributed by atoms with Gasteiger partial charge in [-0.3, -0.25) is 4.72 Å². The van der Waals surface area contributed by atoms with Gasteiger partial charge in [0.25, 0.3) is 10.0 Å². The molecular weight excluding hydrogens is 394 g/mol. The van der Waals surface area contributed by atoms with E-state index < -0.39 is 10.0 Å². The molecule has 3 rings (SSSR count). The number of sulfonamides is 1. The minimum Gasteiger partial charge on any atom is -0.492 e. The number of rotatable bonds is 5. The summed E-state index contributed by atoms with van der Waals surface area (Å²) in [6, 6.07) is 10.1. The first-order chi connectivity index (χ1) is 11.4. The van der Waals surface area contributed by atoms with Gasteiger partial charge in [0.15, 0.2) is 0 Å². The van der Waals surface area contributed by atoms with Crippen molar-refractivity contribution in [2.45, 2.75) is 31.3 Å². The van der Waals surface area contributed by atoms with E-state index in [1.54, 1.807) is 30.3 Å². The summed E-state index contributed by atoms with van der Waals surface area (Å²) in [5, 5.41) is 0. The lowest BCUT2D eigenvalue weighted by Crippen LogP contribution is -2.14. The maximum absolute atomic E-state index is 12.6. The third-order valence-electron chi connectivity index (χ3n) is 3.65. The summed E-state index contributed by atoms with van der Waals surface area (Å²) in [7, 11) is -3.72. The first-order valence-corrected chi connectivity index (χ1v) is 9.91. The van der Waals surface area contributed by atoms with Crippen LogP contribution in [0.3, 0.4) is 0 Å². The number of hydrogen-bond donors (Lipinski definition) is 1. The zero-order valence-electron chi connectivity index (χ0n) is 13.4. The Kier molecular flexibility index (Phi) is 4.73. The molecule has 0 fully saturated rings. The SMILES string of the molecule is CCOc1cc2c(cc1NS(=O)(=O)c1cccc(Br)c1)O[C@H](C)C2. The molecule has 0 unspecified atom stereocenters. The van der Waals surface area contributed by atoms with Crippen LogP contribution in [0.25, 0.3) is 0 Å². The number of halogens is 1. The topological polar surface area (TPSA) is 64.6 Å². The minimum atomic E-state index is -3.72. The monoisotopic (exact) mass is 411 g/mol. The Balaban J connectivity index is 1.98. The van der Waals surface area contributed by atoms with Crippen molar-refractivity contribution >= 4 is 31.6 Å². The predicted molar refractivity (Wildman–Crippen MR) is 96.4 cm³/mol. The Morgan fingerprint density at radius 2 is 2.12 bits per heavy atom. The molecule has 0 aromatic heterocycles. The fourth-order valence-corrected chi connectivity index (χ4v) is 4.29. The average molecular weight is 412 g/mol. The first-order valence-electron chi connectivity index (χ1n) is 7.64. The molecule has 0 amide bonds. The molecule has 0 saturated carbocycles. The fourth-order valence-electron chi connectivity index (χ4n) is 2.63. The lowest BCUT2D eigenvalue weighted by molar-refractivity contribution is 0.254. The van der Waals surface area contributed by atoms with Gasteiger partial charge in [0.1, 0.15) is 17.6 Å². The van der Waals surface area contributed by atoms with Crippen molar-refractivity contribution < 1.29 is 17.9 Å². The van der Waals surface area contributed by atoms with Crippen molar-refractivity contribution in [2.24, 2.45) is 0 Å². The molecule has 24 heavy (non-hydrogen) atoms. The van der Waals surface area contributed by atoms with Crippen LogP contribution < -0.4 is 14.2 Å². The highest BCUT2D eigenvalue weighted by Gasteiger charge is 2.24. The predicted octanol–water partition coefficient (Wildman–Crippen LogP) is 3.97. The molecule has 5 nitrogen and oxygen atoms in total. The minimum absolute atomic E-state index is 0.0754. The summed E-state index contributed by atoms with van der Waals surface area (Å²) < 4.78 is 39.9. The van der Waals surface area contributed by atoms with Gasteiger partial charge in [0.05, 0.1) is 17.2 Å². The first kappa shape index (κ1) is 17.1. The molecule has 1 N–H and O–H groups in total. The van der Waals surface area contributed by atoms with Gasteiger partial charge in [-0.25, -0.2) is 8.42 Å². The summed E-state index contributed by atoms with van der Waals surface area (Å²) in [5.41, 5.74) is 1.40. The van der Waals surface area contributed by atoms with Crippen LogP contribution in [0.4, 0.5) is 5.69 Å². The molecule has 0 radical (unpaired) electrons. The van der Waals surface area contributed by atoms with Crippen molar-refractivity contribution in [3.63, 3.8) is 0 Å². The molecule has 1 aliphatic rings. The maximum atomic E-state index is 12.6. The molecule has 7 heteroatoms. The highest BCUT2D eigenvalue weighted by molar-refractivity contribution is 9.10. The highest BCUT2D eigenvalue weighted by Crippen LogP contribution is 2.39. The second-order valence-electron chi connectivity index (χ2n) is 5.58. The number of nitrogens with one attached hydrogen (secondary N) is 1. The van der Waals surface area contributed by atoms with Crippen LogP contribution in [0.15, 0.2) is 45.8 Å². The third kappa shape index (κ3) is 3.52. The molecule has 1 heterocycles. The van der Waals surface area contributed by atoms with Gasteiger partial charge in [-0.05, 0) is 38.1 Å². The molecule has 0 spiro atoms. The van der Waals surface area contributed by atoms with Crippen molar-refractivity contribution in [3.05, 3.63) is 46.4 Å². The number of ether oxygens (including phenoxy) is 2. The second kappa shape index (κ2) is 6.64. The number of fused-ring (bicyclic) bond motifs is 1. The Morgan fingerprint density at radius 1 is 1.33 bits per heavy atom. The molecule has 0 aliphatic carbocycles. The lowest BCUT2D eigenvalue weighted by atomic mass is 10.1. The standard InChI is InChI=1S/C17H18BrNO4S/c1-3-22-17-8-12-7-11(2)23-16(12)10-15(17)19-24(20,21)14-6-4-5-13(18)9-14/h4-6,8-11,19H,3,7H2,1-2H3/t11-/m1/s1. The average Bonchev–Trinajstić information content (AvgIpc) is 2.86. The summed E-state index contributed by atoms with van der Waals surface area (Å²) in [6.07, 6.45) is 0.861. The summed E-state index contributed by atoms with van der Waals surface area (Å²) >= 11 is 3.29. The van der Waals surface area contributed by atoms with E-state index in [2.05, 4.69) is 20.7 Å². The highest BCUT2D eigenvalue weighted by atomic mass is 79.9. The van der Waals surface area contributed by atoms with E-state index in [9.17, 15) is 8.42 Å². The van der Waals surface area contributed by atoms with Crippen LogP contribution >= 0.6 is 15.9 Å². The summed E-state index contributed by atoms with van der Waals surface area (Å²) in [4.78, 5) is 0.175. The Labute approximate surface area is 150 Å². The Morgan fingerprint density at radius 3 is 2.83 bits per heavy atom. The Bertz CT molecular complexity index is 867. The van der Waals surface area contributed by atoms with Gasteiger partial charge in [0, 0.05) is 22.5 Å². The molecular formula is C17H18BrNO4S. The van der Waals surface area contributed by atoms with Crippen LogP contribution in [-0.4, -0.2) is 21.1 Å². The third-order valence-corrected chi connectivity index (χ3v) is 5.51. The quantitative estimate of drug-likeness (QED) is 0.807. The van der Waals surface area contributed by atoms with Crippen LogP contribution in [0, 0.1) is 0 Å². The summed E-state index contributed by atoms with van der Waals surface area (Å²) in [6.45, 7) is 4.28. The largest absolute Gasteiger partial charge is 0.492 e. The number of anilines is 1. The smallest absolute Gasteiger partial charge is 0.262 e. The van der Waals surface area contributed by atoms with E-state index in [0.717, 1.165) is 12.0 Å². The van der Waals surface area contributed by atoms with Gasteiger partial charge in [0.2, 0.25) is 0 Å². The van der Waals surface area contributed by atoms with Crippen LogP contribution in [0.1, 0.15) is 19.4 Å². The second-order valence-corrected chi connectivity index (χ2v) is 8.18. The molecule has 2 aromatic carbocycles. The van der Waals surface area contributed by atoms with Gasteiger partial charge in [-0.1, -0.05) is 22.0 Å². The van der Waals surface area contributed by atoms with Crippen molar-refractivity contribution in [1.82, 2.24) is 0 Å². The van der Waals surface area contributed by atoms with Gasteiger partial charge in [-0.15, -0.1) is 0 Å². The Hall–Kier alpha value is -1.73. The molecule has 0 bridgehead atoms. The summed E-state index contributed by atoms with van der Waals surface area (Å²) in [5.74, 6) is 1.20. The molecule has 1 aliphatic heterocycles. The molecule has 1 atom stereocenters. The van der Waals surface area contributed by atoms with Crippen molar-refractivity contribution in [1.29, 1.82) is 0 Å². The van der Waals surface area contributed by atoms with Crippen LogP contribution in [-0.2, 0) is 16.4 Å². The van der Waals surface area contributed by atoms with Gasteiger partial charge < -0.3 is 9.47 Å². The van der Waals surface area contributed by atoms with Gasteiger partial charge in [-0.2, -0.15) is 0 Å². The van der Waals surface area contributed by atoms with Gasteiger partial charge >= 0.3 is 0 Å².